The summed E-state index contributed by atoms with van der Waals surface area (Å²) in [4.78, 5) is 0. The molecule has 0 saturated heterocycles. The van der Waals surface area contributed by atoms with Crippen LogP contribution in [-0.4, -0.2) is 23.3 Å². The summed E-state index contributed by atoms with van der Waals surface area (Å²) in [5, 5.41) is 11.3. The topological polar surface area (TPSA) is 38.7 Å². The second-order valence-electron chi connectivity index (χ2n) is 9.67. The van der Waals surface area contributed by atoms with Gasteiger partial charge in [0.15, 0.2) is 11.6 Å². The summed E-state index contributed by atoms with van der Waals surface area (Å²) >= 11 is 0. The predicted octanol–water partition coefficient (Wildman–Crippen LogP) is 8.07. The second-order valence-corrected chi connectivity index (χ2v) is 9.67. The molecular weight excluding hydrogens is 429 g/mol. The molecule has 0 heterocycles. The molecular formula is C27H45F3O3. The van der Waals surface area contributed by atoms with E-state index in [1.807, 2.05) is 27.7 Å². The first kappa shape index (κ1) is 29.9. The van der Waals surface area contributed by atoms with Crippen LogP contribution in [0, 0.1) is 23.4 Å². The first-order valence-electron chi connectivity index (χ1n) is 12.8. The van der Waals surface area contributed by atoms with Crippen LogP contribution >= 0.6 is 0 Å². The molecule has 3 nitrogen and oxygen atoms in total. The highest BCUT2D eigenvalue weighted by Gasteiger charge is 2.40. The van der Waals surface area contributed by atoms with Gasteiger partial charge >= 0.3 is 0 Å². The maximum atomic E-state index is 13.8. The number of benzene rings is 1. The highest BCUT2D eigenvalue weighted by molar-refractivity contribution is 5.20. The van der Waals surface area contributed by atoms with Crippen LogP contribution in [0.15, 0.2) is 12.1 Å². The lowest BCUT2D eigenvalue weighted by molar-refractivity contribution is -0.407. The van der Waals surface area contributed by atoms with Crippen LogP contribution in [0.25, 0.3) is 0 Å². The Labute approximate surface area is 199 Å². The van der Waals surface area contributed by atoms with Crippen molar-refractivity contribution in [1.29, 1.82) is 0 Å². The van der Waals surface area contributed by atoms with E-state index in [2.05, 4.69) is 6.92 Å². The zero-order valence-corrected chi connectivity index (χ0v) is 21.3. The summed E-state index contributed by atoms with van der Waals surface area (Å²) in [5.74, 6) is -4.71. The minimum Gasteiger partial charge on any atom is -0.343 e. The van der Waals surface area contributed by atoms with Gasteiger partial charge in [0.2, 0.25) is 0 Å². The second kappa shape index (κ2) is 15.7. The lowest BCUT2D eigenvalue weighted by Gasteiger charge is -2.38. The molecule has 1 atom stereocenters. The molecule has 1 rings (SSSR count). The molecule has 1 aromatic carbocycles. The van der Waals surface area contributed by atoms with Crippen molar-refractivity contribution >= 4 is 0 Å². The molecule has 33 heavy (non-hydrogen) atoms. The maximum Gasteiger partial charge on any atom is 0.283 e. The third-order valence-electron chi connectivity index (χ3n) is 5.82. The number of ether oxygens (including phenoxy) is 2. The van der Waals surface area contributed by atoms with Crippen molar-refractivity contribution in [3.8, 4) is 0 Å². The van der Waals surface area contributed by atoms with E-state index in [1.54, 1.807) is 0 Å². The number of halogens is 3. The molecule has 1 aromatic rings. The normalized spacial score (nSPS) is 13.3. The molecule has 0 radical (unpaired) electrons. The third kappa shape index (κ3) is 11.7. The molecule has 0 fully saturated rings. The molecule has 0 aliphatic heterocycles. The zero-order chi connectivity index (χ0) is 24.9. The van der Waals surface area contributed by atoms with Gasteiger partial charge in [0.25, 0.3) is 5.97 Å². The van der Waals surface area contributed by atoms with Gasteiger partial charge in [-0.15, -0.1) is 0 Å². The van der Waals surface area contributed by atoms with Crippen LogP contribution in [0.5, 0.6) is 0 Å². The summed E-state index contributed by atoms with van der Waals surface area (Å²) in [5.41, 5.74) is 0.195. The minimum atomic E-state index is -1.64. The van der Waals surface area contributed by atoms with Gasteiger partial charge in [-0.1, -0.05) is 58.3 Å². The van der Waals surface area contributed by atoms with Crippen molar-refractivity contribution in [2.45, 2.75) is 130 Å². The van der Waals surface area contributed by atoms with Crippen molar-refractivity contribution in [2.75, 3.05) is 0 Å². The molecule has 1 unspecified atom stereocenters. The highest BCUT2D eigenvalue weighted by Crippen LogP contribution is 2.33. The summed E-state index contributed by atoms with van der Waals surface area (Å²) in [6, 6.07) is 1.55. The van der Waals surface area contributed by atoms with Gasteiger partial charge in [0.05, 0.1) is 12.2 Å². The van der Waals surface area contributed by atoms with Crippen LogP contribution in [-0.2, 0) is 15.9 Å². The van der Waals surface area contributed by atoms with Crippen molar-refractivity contribution in [3.05, 3.63) is 35.1 Å². The molecule has 6 heteroatoms. The van der Waals surface area contributed by atoms with Crippen LogP contribution in [0.4, 0.5) is 13.2 Å². The van der Waals surface area contributed by atoms with E-state index in [-0.39, 0.29) is 23.7 Å². The van der Waals surface area contributed by atoms with Gasteiger partial charge in [-0.05, 0) is 65.0 Å². The summed E-state index contributed by atoms with van der Waals surface area (Å²) in [6.07, 6.45) is 10.7. The largest absolute Gasteiger partial charge is 0.343 e. The van der Waals surface area contributed by atoms with Gasteiger partial charge < -0.3 is 14.6 Å². The Morgan fingerprint density at radius 2 is 1.21 bits per heavy atom. The number of rotatable bonds is 18. The lowest BCUT2D eigenvalue weighted by Crippen LogP contribution is -2.47. The zero-order valence-electron chi connectivity index (χ0n) is 21.3. The van der Waals surface area contributed by atoms with Crippen LogP contribution in [0.1, 0.15) is 111 Å². The van der Waals surface area contributed by atoms with E-state index in [0.717, 1.165) is 38.2 Å². The predicted molar refractivity (Wildman–Crippen MR) is 127 cm³/mol. The minimum absolute atomic E-state index is 0.173. The molecule has 0 spiro atoms. The highest BCUT2D eigenvalue weighted by atomic mass is 19.2. The Balaban J connectivity index is 2.67. The third-order valence-corrected chi connectivity index (χ3v) is 5.82. The van der Waals surface area contributed by atoms with Gasteiger partial charge in [-0.25, -0.2) is 13.2 Å². The standard InChI is InChI=1S/C27H45F3O3/c1-6-7-8-9-10-13-16-23(27(31,32-20(2)3)33-21(4)5)17-14-11-12-15-22-18-25(29)26(30)19-24(22)28/h18-21,23,31H,6-17H2,1-5H3. The van der Waals surface area contributed by atoms with E-state index >= 15 is 0 Å². The fourth-order valence-electron chi connectivity index (χ4n) is 4.21. The molecule has 0 amide bonds. The van der Waals surface area contributed by atoms with Crippen molar-refractivity contribution in [1.82, 2.24) is 0 Å². The molecule has 0 aromatic heterocycles. The van der Waals surface area contributed by atoms with Gasteiger partial charge in [0, 0.05) is 12.0 Å². The average molecular weight is 475 g/mol. The number of aliphatic hydroxyl groups is 1. The quantitative estimate of drug-likeness (QED) is 0.133. The Hall–Kier alpha value is -1.11. The Bertz CT molecular complexity index is 654. The van der Waals surface area contributed by atoms with Crippen molar-refractivity contribution in [3.63, 3.8) is 0 Å². The van der Waals surface area contributed by atoms with E-state index in [9.17, 15) is 18.3 Å². The Morgan fingerprint density at radius 3 is 1.76 bits per heavy atom. The fourth-order valence-corrected chi connectivity index (χ4v) is 4.21. The van der Waals surface area contributed by atoms with E-state index in [4.69, 9.17) is 9.47 Å². The molecule has 192 valence electrons. The molecule has 0 saturated carbocycles. The number of unbranched alkanes of at least 4 members (excludes halogenated alkanes) is 7. The summed E-state index contributed by atoms with van der Waals surface area (Å²) in [6.45, 7) is 9.73. The summed E-state index contributed by atoms with van der Waals surface area (Å²) < 4.78 is 52.1. The SMILES string of the molecule is CCCCCCCCC(CCCCCc1cc(F)c(F)cc1F)C(O)(OC(C)C)OC(C)C. The Morgan fingerprint density at radius 1 is 0.727 bits per heavy atom. The van der Waals surface area contributed by atoms with Crippen LogP contribution < -0.4 is 0 Å². The lowest BCUT2D eigenvalue weighted by atomic mass is 9.91. The Kier molecular flexibility index (Phi) is 14.3. The smallest absolute Gasteiger partial charge is 0.283 e. The number of aryl methyl sites for hydroxylation is 1. The first-order chi connectivity index (χ1) is 15.6. The molecule has 1 N–H and O–H groups in total. The van der Waals surface area contributed by atoms with Gasteiger partial charge in [0.1, 0.15) is 5.82 Å². The molecule has 0 bridgehead atoms. The fraction of sp³-hybridized carbons (Fsp3) is 0.778. The van der Waals surface area contributed by atoms with Crippen molar-refractivity contribution in [2.24, 2.45) is 5.92 Å². The van der Waals surface area contributed by atoms with E-state index in [1.165, 1.54) is 25.7 Å². The monoisotopic (exact) mass is 474 g/mol. The van der Waals surface area contributed by atoms with Crippen molar-refractivity contribution < 1.29 is 27.8 Å². The maximum absolute atomic E-state index is 13.8. The van der Waals surface area contributed by atoms with E-state index < -0.39 is 23.4 Å². The van der Waals surface area contributed by atoms with E-state index in [0.29, 0.717) is 25.3 Å². The first-order valence-corrected chi connectivity index (χ1v) is 12.8. The van der Waals surface area contributed by atoms with Gasteiger partial charge in [-0.2, -0.15) is 0 Å². The molecule has 0 aliphatic carbocycles. The molecule has 0 aliphatic rings. The summed E-state index contributed by atoms with van der Waals surface area (Å²) in [7, 11) is 0. The number of hydrogen-bond donors (Lipinski definition) is 1. The number of hydrogen-bond acceptors (Lipinski definition) is 3. The van der Waals surface area contributed by atoms with Gasteiger partial charge in [-0.3, -0.25) is 0 Å². The average Bonchev–Trinajstić information content (AvgIpc) is 2.70. The van der Waals surface area contributed by atoms with Crippen LogP contribution in [0.2, 0.25) is 0 Å². The van der Waals surface area contributed by atoms with Crippen LogP contribution in [0.3, 0.4) is 0 Å².